The smallest absolute Gasteiger partial charge is 0.0647 e. The second kappa shape index (κ2) is 3.57. The van der Waals surface area contributed by atoms with Gasteiger partial charge in [-0.1, -0.05) is 13.0 Å². The fourth-order valence-electron chi connectivity index (χ4n) is 0.801. The summed E-state index contributed by atoms with van der Waals surface area (Å²) in [6.45, 7) is 2.08. The number of nitrogens with zero attached hydrogens (tertiary/aromatic N) is 1. The Morgan fingerprint density at radius 3 is 2.70 bits per heavy atom. The van der Waals surface area contributed by atoms with Crippen molar-refractivity contribution in [2.45, 2.75) is 19.2 Å². The molecule has 1 rings (SSSR count). The molecule has 54 valence electrons. The molecule has 1 aromatic rings. The number of aromatic nitrogens is 1. The average molecular weight is 156 g/mol. The highest BCUT2D eigenvalue weighted by Gasteiger charge is 1.92. The SMILES string of the molecule is CCc1cccc(CCl)n1. The molecular weight excluding hydrogens is 146 g/mol. The van der Waals surface area contributed by atoms with E-state index in [1.165, 1.54) is 0 Å². The minimum absolute atomic E-state index is 0.508. The van der Waals surface area contributed by atoms with Gasteiger partial charge >= 0.3 is 0 Å². The molecule has 1 heterocycles. The molecule has 1 aromatic heterocycles. The van der Waals surface area contributed by atoms with E-state index in [0.29, 0.717) is 5.88 Å². The van der Waals surface area contributed by atoms with Gasteiger partial charge in [-0.2, -0.15) is 0 Å². The zero-order chi connectivity index (χ0) is 7.40. The average Bonchev–Trinajstić information content (AvgIpc) is 2.05. The van der Waals surface area contributed by atoms with Crippen molar-refractivity contribution < 1.29 is 0 Å². The van der Waals surface area contributed by atoms with E-state index in [4.69, 9.17) is 11.6 Å². The summed E-state index contributed by atoms with van der Waals surface area (Å²) in [5, 5.41) is 0. The van der Waals surface area contributed by atoms with Crippen LogP contribution in [0.4, 0.5) is 0 Å². The summed E-state index contributed by atoms with van der Waals surface area (Å²) in [4.78, 5) is 4.28. The highest BCUT2D eigenvalue weighted by molar-refractivity contribution is 6.16. The summed E-state index contributed by atoms with van der Waals surface area (Å²) in [6.07, 6.45) is 0.977. The molecule has 0 amide bonds. The van der Waals surface area contributed by atoms with Crippen molar-refractivity contribution >= 4 is 11.6 Å². The molecule has 0 spiro atoms. The molecule has 0 radical (unpaired) electrons. The zero-order valence-electron chi connectivity index (χ0n) is 5.97. The maximum absolute atomic E-state index is 5.59. The van der Waals surface area contributed by atoms with Gasteiger partial charge in [-0.05, 0) is 18.6 Å². The number of aryl methyl sites for hydroxylation is 1. The molecule has 0 bridgehead atoms. The summed E-state index contributed by atoms with van der Waals surface area (Å²) in [6, 6.07) is 5.94. The molecule has 0 aliphatic rings. The van der Waals surface area contributed by atoms with Crippen LogP contribution in [0.5, 0.6) is 0 Å². The maximum Gasteiger partial charge on any atom is 0.0647 e. The lowest BCUT2D eigenvalue weighted by Gasteiger charge is -1.96. The first-order valence-corrected chi connectivity index (χ1v) is 3.91. The maximum atomic E-state index is 5.59. The molecule has 0 aliphatic carbocycles. The first-order chi connectivity index (χ1) is 4.86. The van der Waals surface area contributed by atoms with Crippen molar-refractivity contribution in [1.29, 1.82) is 0 Å². The summed E-state index contributed by atoms with van der Waals surface area (Å²) in [5.41, 5.74) is 2.07. The number of alkyl halides is 1. The Bertz CT molecular complexity index is 191. The van der Waals surface area contributed by atoms with E-state index in [0.717, 1.165) is 17.8 Å². The van der Waals surface area contributed by atoms with Crippen LogP contribution in [0.3, 0.4) is 0 Å². The van der Waals surface area contributed by atoms with Crippen LogP contribution in [0.15, 0.2) is 18.2 Å². The highest BCUT2D eigenvalue weighted by atomic mass is 35.5. The van der Waals surface area contributed by atoms with Crippen LogP contribution in [-0.2, 0) is 12.3 Å². The zero-order valence-corrected chi connectivity index (χ0v) is 6.73. The third-order valence-corrected chi connectivity index (χ3v) is 1.64. The molecule has 0 unspecified atom stereocenters. The molecular formula is C8H10ClN. The monoisotopic (exact) mass is 155 g/mol. The molecule has 0 N–H and O–H groups in total. The number of halogens is 1. The van der Waals surface area contributed by atoms with Gasteiger partial charge in [0.2, 0.25) is 0 Å². The summed E-state index contributed by atoms with van der Waals surface area (Å²) in [5.74, 6) is 0.508. The Hall–Kier alpha value is -0.560. The summed E-state index contributed by atoms with van der Waals surface area (Å²) >= 11 is 5.59. The summed E-state index contributed by atoms with van der Waals surface area (Å²) < 4.78 is 0. The molecule has 0 saturated carbocycles. The fourth-order valence-corrected chi connectivity index (χ4v) is 0.949. The van der Waals surface area contributed by atoms with Crippen molar-refractivity contribution in [2.24, 2.45) is 0 Å². The van der Waals surface area contributed by atoms with Crippen LogP contribution in [0, 0.1) is 0 Å². The Labute approximate surface area is 66.0 Å². The first kappa shape index (κ1) is 7.55. The van der Waals surface area contributed by atoms with Crippen molar-refractivity contribution in [3.05, 3.63) is 29.6 Å². The normalized spacial score (nSPS) is 9.80. The predicted octanol–water partition coefficient (Wildman–Crippen LogP) is 2.38. The molecule has 2 heteroatoms. The van der Waals surface area contributed by atoms with Crippen LogP contribution in [-0.4, -0.2) is 4.98 Å². The van der Waals surface area contributed by atoms with Gasteiger partial charge in [-0.25, -0.2) is 0 Å². The third-order valence-electron chi connectivity index (χ3n) is 1.36. The van der Waals surface area contributed by atoms with Gasteiger partial charge in [0, 0.05) is 5.69 Å². The van der Waals surface area contributed by atoms with E-state index < -0.39 is 0 Å². The third kappa shape index (κ3) is 1.71. The van der Waals surface area contributed by atoms with Gasteiger partial charge in [-0.15, -0.1) is 11.6 Å². The van der Waals surface area contributed by atoms with Crippen LogP contribution in [0.2, 0.25) is 0 Å². The van der Waals surface area contributed by atoms with Crippen molar-refractivity contribution in [2.75, 3.05) is 0 Å². The second-order valence-corrected chi connectivity index (χ2v) is 2.37. The fraction of sp³-hybridized carbons (Fsp3) is 0.375. The van der Waals surface area contributed by atoms with E-state index in [9.17, 15) is 0 Å². The summed E-state index contributed by atoms with van der Waals surface area (Å²) in [7, 11) is 0. The topological polar surface area (TPSA) is 12.9 Å². The number of pyridine rings is 1. The minimum Gasteiger partial charge on any atom is -0.257 e. The van der Waals surface area contributed by atoms with Crippen LogP contribution >= 0.6 is 11.6 Å². The van der Waals surface area contributed by atoms with E-state index in [2.05, 4.69) is 11.9 Å². The molecule has 0 fully saturated rings. The largest absolute Gasteiger partial charge is 0.257 e. The van der Waals surface area contributed by atoms with Gasteiger partial charge in [0.25, 0.3) is 0 Å². The number of rotatable bonds is 2. The van der Waals surface area contributed by atoms with Crippen LogP contribution in [0.1, 0.15) is 18.3 Å². The van der Waals surface area contributed by atoms with Gasteiger partial charge in [-0.3, -0.25) is 4.98 Å². The molecule has 0 aromatic carbocycles. The van der Waals surface area contributed by atoms with E-state index in [1.54, 1.807) is 0 Å². The predicted molar refractivity (Wildman–Crippen MR) is 43.2 cm³/mol. The van der Waals surface area contributed by atoms with Gasteiger partial charge < -0.3 is 0 Å². The lowest BCUT2D eigenvalue weighted by Crippen LogP contribution is -1.90. The second-order valence-electron chi connectivity index (χ2n) is 2.11. The number of hydrogen-bond acceptors (Lipinski definition) is 1. The van der Waals surface area contributed by atoms with E-state index >= 15 is 0 Å². The molecule has 10 heavy (non-hydrogen) atoms. The molecule has 0 atom stereocenters. The Morgan fingerprint density at radius 1 is 1.40 bits per heavy atom. The number of hydrogen-bond donors (Lipinski definition) is 0. The molecule has 0 aliphatic heterocycles. The van der Waals surface area contributed by atoms with Gasteiger partial charge in [0.15, 0.2) is 0 Å². The standard InChI is InChI=1S/C8H10ClN/c1-2-7-4-3-5-8(6-9)10-7/h3-5H,2,6H2,1H3. The van der Waals surface area contributed by atoms with Crippen LogP contribution in [0.25, 0.3) is 0 Å². The van der Waals surface area contributed by atoms with Gasteiger partial charge in [0.05, 0.1) is 11.6 Å². The molecule has 1 nitrogen and oxygen atoms in total. The van der Waals surface area contributed by atoms with Crippen molar-refractivity contribution in [3.8, 4) is 0 Å². The van der Waals surface area contributed by atoms with Crippen molar-refractivity contribution in [3.63, 3.8) is 0 Å². The van der Waals surface area contributed by atoms with E-state index in [1.807, 2.05) is 18.2 Å². The lowest BCUT2D eigenvalue weighted by atomic mass is 10.3. The van der Waals surface area contributed by atoms with Crippen molar-refractivity contribution in [1.82, 2.24) is 4.98 Å². The minimum atomic E-state index is 0.508. The first-order valence-electron chi connectivity index (χ1n) is 3.37. The Balaban J connectivity index is 2.87. The van der Waals surface area contributed by atoms with E-state index in [-0.39, 0.29) is 0 Å². The Kier molecular flexibility index (Phi) is 2.69. The Morgan fingerprint density at radius 2 is 2.10 bits per heavy atom. The highest BCUT2D eigenvalue weighted by Crippen LogP contribution is 2.02. The van der Waals surface area contributed by atoms with Crippen LogP contribution < -0.4 is 0 Å². The lowest BCUT2D eigenvalue weighted by molar-refractivity contribution is 0.998. The quantitative estimate of drug-likeness (QED) is 0.598. The van der Waals surface area contributed by atoms with Gasteiger partial charge in [0.1, 0.15) is 0 Å². The molecule has 0 saturated heterocycles.